The molecule has 0 spiro atoms. The molecule has 0 saturated heterocycles. The number of carbonyl (C=O) groups excluding carboxylic acids is 1. The molecule has 1 amide bonds. The second-order valence-corrected chi connectivity index (χ2v) is 9.36. The van der Waals surface area contributed by atoms with Crippen LogP contribution in [-0.4, -0.2) is 19.9 Å². The maximum atomic E-state index is 12.4. The number of amides is 1. The third kappa shape index (κ3) is 3.79. The zero-order valence-electron chi connectivity index (χ0n) is 12.0. The van der Waals surface area contributed by atoms with E-state index < -0.39 is 9.05 Å². The van der Waals surface area contributed by atoms with Gasteiger partial charge in [0.2, 0.25) is 0 Å². The van der Waals surface area contributed by atoms with Crippen LogP contribution in [0.2, 0.25) is 0 Å². The lowest BCUT2D eigenvalue weighted by molar-refractivity contribution is 0.0903. The third-order valence-corrected chi connectivity index (χ3v) is 6.13. The van der Waals surface area contributed by atoms with Crippen LogP contribution in [0.25, 0.3) is 0 Å². The Kier molecular flexibility index (Phi) is 4.44. The third-order valence-electron chi connectivity index (χ3n) is 3.86. The van der Waals surface area contributed by atoms with Gasteiger partial charge < -0.3 is 5.32 Å². The standard InChI is InChI=1S/C14H17BrClNO3S/c1-8-11(15)6-9(7-12(8)21(16,19)20)13(18)17-14(2,3)10-4-5-10/h6-7,10H,4-5H2,1-3H3,(H,17,18). The minimum Gasteiger partial charge on any atom is -0.347 e. The highest BCUT2D eigenvalue weighted by molar-refractivity contribution is 9.10. The van der Waals surface area contributed by atoms with Crippen molar-refractivity contribution in [3.8, 4) is 0 Å². The van der Waals surface area contributed by atoms with Gasteiger partial charge >= 0.3 is 0 Å². The molecule has 1 aliphatic carbocycles. The minimum absolute atomic E-state index is 0.0482. The number of benzene rings is 1. The van der Waals surface area contributed by atoms with Crippen LogP contribution in [0.1, 0.15) is 42.6 Å². The molecule has 0 aromatic heterocycles. The highest BCUT2D eigenvalue weighted by Crippen LogP contribution is 2.39. The largest absolute Gasteiger partial charge is 0.347 e. The summed E-state index contributed by atoms with van der Waals surface area (Å²) in [5.74, 6) is 0.181. The smallest absolute Gasteiger partial charge is 0.261 e. The summed E-state index contributed by atoms with van der Waals surface area (Å²) in [5, 5.41) is 2.96. The lowest BCUT2D eigenvalue weighted by Crippen LogP contribution is -2.45. The molecular weight excluding hydrogens is 378 g/mol. The van der Waals surface area contributed by atoms with Gasteiger partial charge in [0.05, 0.1) is 4.90 Å². The molecule has 1 aromatic carbocycles. The quantitative estimate of drug-likeness (QED) is 0.794. The summed E-state index contributed by atoms with van der Waals surface area (Å²) < 4.78 is 23.7. The Hall–Kier alpha value is -0.590. The van der Waals surface area contributed by atoms with E-state index in [0.29, 0.717) is 16.0 Å². The topological polar surface area (TPSA) is 63.2 Å². The maximum absolute atomic E-state index is 12.4. The Morgan fingerprint density at radius 1 is 1.38 bits per heavy atom. The zero-order chi connectivity index (χ0) is 16.0. The first-order valence-corrected chi connectivity index (χ1v) is 9.70. The van der Waals surface area contributed by atoms with E-state index in [1.807, 2.05) is 13.8 Å². The fourth-order valence-corrected chi connectivity index (χ4v) is 4.13. The van der Waals surface area contributed by atoms with Crippen molar-refractivity contribution in [2.75, 3.05) is 0 Å². The van der Waals surface area contributed by atoms with Gasteiger partial charge in [-0.3, -0.25) is 4.79 Å². The van der Waals surface area contributed by atoms with Crippen LogP contribution < -0.4 is 5.32 Å². The number of halogens is 2. The molecule has 0 bridgehead atoms. The van der Waals surface area contributed by atoms with Crippen LogP contribution in [-0.2, 0) is 9.05 Å². The molecule has 1 N–H and O–H groups in total. The average molecular weight is 395 g/mol. The Morgan fingerprint density at radius 3 is 2.43 bits per heavy atom. The zero-order valence-corrected chi connectivity index (χ0v) is 15.2. The fourth-order valence-electron chi connectivity index (χ4n) is 2.31. The van der Waals surface area contributed by atoms with E-state index in [1.54, 1.807) is 13.0 Å². The van der Waals surface area contributed by atoms with Gasteiger partial charge in [-0.2, -0.15) is 0 Å². The van der Waals surface area contributed by atoms with Gasteiger partial charge in [-0.15, -0.1) is 0 Å². The van der Waals surface area contributed by atoms with Crippen molar-refractivity contribution >= 4 is 41.6 Å². The molecule has 1 saturated carbocycles. The van der Waals surface area contributed by atoms with Gasteiger partial charge in [0.25, 0.3) is 15.0 Å². The summed E-state index contributed by atoms with van der Waals surface area (Å²) in [6, 6.07) is 2.93. The van der Waals surface area contributed by atoms with Gasteiger partial charge in [-0.05, 0) is 57.2 Å². The van der Waals surface area contributed by atoms with E-state index in [2.05, 4.69) is 21.2 Å². The Labute approximate surface area is 137 Å². The number of carbonyl (C=O) groups is 1. The van der Waals surface area contributed by atoms with Gasteiger partial charge in [0.1, 0.15) is 0 Å². The van der Waals surface area contributed by atoms with Gasteiger partial charge in [0, 0.05) is 26.3 Å². The Balaban J connectivity index is 2.36. The minimum atomic E-state index is -3.90. The van der Waals surface area contributed by atoms with E-state index >= 15 is 0 Å². The van der Waals surface area contributed by atoms with Crippen LogP contribution in [0, 0.1) is 12.8 Å². The van der Waals surface area contributed by atoms with Gasteiger partial charge in [-0.1, -0.05) is 15.9 Å². The second kappa shape index (κ2) is 5.56. The molecule has 21 heavy (non-hydrogen) atoms. The molecule has 7 heteroatoms. The molecular formula is C14H17BrClNO3S. The van der Waals surface area contributed by atoms with E-state index in [0.717, 1.165) is 12.8 Å². The van der Waals surface area contributed by atoms with Crippen LogP contribution in [0.15, 0.2) is 21.5 Å². The number of nitrogens with one attached hydrogen (secondary N) is 1. The predicted octanol–water partition coefficient (Wildman–Crippen LogP) is 3.60. The molecule has 0 atom stereocenters. The lowest BCUT2D eigenvalue weighted by atomic mass is 9.98. The van der Waals surface area contributed by atoms with Crippen molar-refractivity contribution in [3.05, 3.63) is 27.7 Å². The van der Waals surface area contributed by atoms with Crippen molar-refractivity contribution in [2.45, 2.75) is 44.0 Å². The molecule has 0 unspecified atom stereocenters. The van der Waals surface area contributed by atoms with Crippen LogP contribution in [0.5, 0.6) is 0 Å². The molecule has 116 valence electrons. The molecule has 4 nitrogen and oxygen atoms in total. The summed E-state index contributed by atoms with van der Waals surface area (Å²) in [7, 11) is 1.53. The lowest BCUT2D eigenvalue weighted by Gasteiger charge is -2.26. The van der Waals surface area contributed by atoms with E-state index in [4.69, 9.17) is 10.7 Å². The number of hydrogen-bond acceptors (Lipinski definition) is 3. The Morgan fingerprint density at radius 2 is 1.95 bits per heavy atom. The monoisotopic (exact) mass is 393 g/mol. The molecule has 1 aliphatic rings. The van der Waals surface area contributed by atoms with Gasteiger partial charge in [0.15, 0.2) is 0 Å². The second-order valence-electron chi connectivity index (χ2n) is 5.97. The summed E-state index contributed by atoms with van der Waals surface area (Å²) in [5.41, 5.74) is 0.470. The first-order chi connectivity index (χ1) is 9.52. The molecule has 1 fully saturated rings. The van der Waals surface area contributed by atoms with Crippen LogP contribution in [0.4, 0.5) is 0 Å². The van der Waals surface area contributed by atoms with Crippen LogP contribution >= 0.6 is 26.6 Å². The normalized spacial score (nSPS) is 15.9. The van der Waals surface area contributed by atoms with E-state index in [1.165, 1.54) is 6.07 Å². The van der Waals surface area contributed by atoms with Gasteiger partial charge in [-0.25, -0.2) is 8.42 Å². The fraction of sp³-hybridized carbons (Fsp3) is 0.500. The summed E-state index contributed by atoms with van der Waals surface area (Å²) in [6.07, 6.45) is 2.21. The first kappa shape index (κ1) is 16.8. The number of rotatable bonds is 4. The van der Waals surface area contributed by atoms with Crippen molar-refractivity contribution in [1.29, 1.82) is 0 Å². The highest BCUT2D eigenvalue weighted by Gasteiger charge is 2.39. The molecule has 0 radical (unpaired) electrons. The molecule has 0 aliphatic heterocycles. The average Bonchev–Trinajstić information content (AvgIpc) is 3.14. The van der Waals surface area contributed by atoms with E-state index in [9.17, 15) is 13.2 Å². The summed E-state index contributed by atoms with van der Waals surface area (Å²) in [6.45, 7) is 5.59. The van der Waals surface area contributed by atoms with Crippen molar-refractivity contribution in [2.24, 2.45) is 5.92 Å². The molecule has 0 heterocycles. The Bertz CT molecular complexity index is 696. The predicted molar refractivity (Wildman–Crippen MR) is 86.2 cm³/mol. The SMILES string of the molecule is Cc1c(Br)cc(C(=O)NC(C)(C)C2CC2)cc1S(=O)(=O)Cl. The number of hydrogen-bond donors (Lipinski definition) is 1. The van der Waals surface area contributed by atoms with E-state index in [-0.39, 0.29) is 21.9 Å². The van der Waals surface area contributed by atoms with Crippen molar-refractivity contribution in [3.63, 3.8) is 0 Å². The van der Waals surface area contributed by atoms with Crippen LogP contribution in [0.3, 0.4) is 0 Å². The molecule has 1 aromatic rings. The van der Waals surface area contributed by atoms with Crippen molar-refractivity contribution in [1.82, 2.24) is 5.32 Å². The maximum Gasteiger partial charge on any atom is 0.261 e. The first-order valence-electron chi connectivity index (χ1n) is 6.59. The molecule has 2 rings (SSSR count). The highest BCUT2D eigenvalue weighted by atomic mass is 79.9. The summed E-state index contributed by atoms with van der Waals surface area (Å²) in [4.78, 5) is 12.3. The van der Waals surface area contributed by atoms with Crippen molar-refractivity contribution < 1.29 is 13.2 Å². The summed E-state index contributed by atoms with van der Waals surface area (Å²) >= 11 is 3.28.